The molecule has 1 aromatic carbocycles. The highest BCUT2D eigenvalue weighted by molar-refractivity contribution is 5.28. The molecule has 0 aliphatic heterocycles. The van der Waals surface area contributed by atoms with E-state index in [9.17, 15) is 13.2 Å². The Labute approximate surface area is 133 Å². The molecule has 23 heavy (non-hydrogen) atoms. The van der Waals surface area contributed by atoms with Gasteiger partial charge in [-0.3, -0.25) is 0 Å². The quantitative estimate of drug-likeness (QED) is 0.808. The minimum atomic E-state index is -4.67. The first-order chi connectivity index (χ1) is 10.9. The molecule has 1 N–H and O–H groups in total. The Bertz CT molecular complexity index is 494. The van der Waals surface area contributed by atoms with Gasteiger partial charge in [0.05, 0.1) is 0 Å². The van der Waals surface area contributed by atoms with E-state index in [0.717, 1.165) is 31.2 Å². The zero-order valence-corrected chi connectivity index (χ0v) is 13.3. The third-order valence-corrected chi connectivity index (χ3v) is 4.22. The summed E-state index contributed by atoms with van der Waals surface area (Å²) >= 11 is 0. The molecule has 0 aromatic heterocycles. The van der Waals surface area contributed by atoms with Gasteiger partial charge in [-0.15, -0.1) is 13.2 Å². The van der Waals surface area contributed by atoms with Crippen molar-refractivity contribution in [2.24, 2.45) is 0 Å². The SMILES string of the molecule is COC1(OC)CCC(NCc2cccc(OC(F)(F)F)c2)CC1. The largest absolute Gasteiger partial charge is 0.573 e. The van der Waals surface area contributed by atoms with Crippen molar-refractivity contribution >= 4 is 0 Å². The van der Waals surface area contributed by atoms with Crippen LogP contribution in [0, 0.1) is 0 Å². The third kappa shape index (κ3) is 5.37. The lowest BCUT2D eigenvalue weighted by Crippen LogP contribution is -2.43. The standard InChI is InChI=1S/C16H22F3NO3/c1-21-15(22-2)8-6-13(7-9-15)20-11-12-4-3-5-14(10-12)23-16(17,18)19/h3-5,10,13,20H,6-9,11H2,1-2H3. The summed E-state index contributed by atoms with van der Waals surface area (Å²) in [5.74, 6) is -0.697. The summed E-state index contributed by atoms with van der Waals surface area (Å²) in [6, 6.07) is 6.31. The number of halogens is 3. The average Bonchev–Trinajstić information content (AvgIpc) is 2.52. The van der Waals surface area contributed by atoms with E-state index in [-0.39, 0.29) is 5.75 Å². The topological polar surface area (TPSA) is 39.7 Å². The van der Waals surface area contributed by atoms with E-state index >= 15 is 0 Å². The van der Waals surface area contributed by atoms with Crippen molar-refractivity contribution < 1.29 is 27.4 Å². The monoisotopic (exact) mass is 333 g/mol. The van der Waals surface area contributed by atoms with Crippen LogP contribution < -0.4 is 10.1 Å². The molecule has 7 heteroatoms. The Morgan fingerprint density at radius 2 is 1.83 bits per heavy atom. The maximum absolute atomic E-state index is 12.2. The highest BCUT2D eigenvalue weighted by atomic mass is 19.4. The van der Waals surface area contributed by atoms with Crippen LogP contribution in [0.25, 0.3) is 0 Å². The summed E-state index contributed by atoms with van der Waals surface area (Å²) < 4.78 is 51.5. The average molecular weight is 333 g/mol. The van der Waals surface area contributed by atoms with Crippen molar-refractivity contribution in [1.82, 2.24) is 5.32 Å². The normalized spacial score (nSPS) is 18.8. The summed E-state index contributed by atoms with van der Waals surface area (Å²) in [6.07, 6.45) is -1.32. The van der Waals surface area contributed by atoms with Gasteiger partial charge in [0.2, 0.25) is 0 Å². The Morgan fingerprint density at radius 1 is 1.17 bits per heavy atom. The van der Waals surface area contributed by atoms with Gasteiger partial charge in [0.25, 0.3) is 0 Å². The van der Waals surface area contributed by atoms with Crippen molar-refractivity contribution in [2.45, 2.75) is 50.4 Å². The molecule has 0 bridgehead atoms. The third-order valence-electron chi connectivity index (χ3n) is 4.22. The van der Waals surface area contributed by atoms with E-state index < -0.39 is 12.1 Å². The molecule has 4 nitrogen and oxygen atoms in total. The van der Waals surface area contributed by atoms with Crippen LogP contribution in [0.2, 0.25) is 0 Å². The van der Waals surface area contributed by atoms with E-state index in [1.807, 2.05) is 0 Å². The van der Waals surface area contributed by atoms with Crippen molar-refractivity contribution in [1.29, 1.82) is 0 Å². The van der Waals surface area contributed by atoms with Gasteiger partial charge in [-0.2, -0.15) is 0 Å². The molecule has 1 aromatic rings. The van der Waals surface area contributed by atoms with Gasteiger partial charge in [0.1, 0.15) is 5.75 Å². The highest BCUT2D eigenvalue weighted by Crippen LogP contribution is 2.32. The number of nitrogens with one attached hydrogen (secondary N) is 1. The lowest BCUT2D eigenvalue weighted by molar-refractivity contribution is -0.274. The first kappa shape index (κ1) is 18.0. The number of hydrogen-bond donors (Lipinski definition) is 1. The van der Waals surface area contributed by atoms with Gasteiger partial charge >= 0.3 is 6.36 Å². The molecule has 2 rings (SSSR count). The second-order valence-electron chi connectivity index (χ2n) is 5.67. The summed E-state index contributed by atoms with van der Waals surface area (Å²) in [4.78, 5) is 0. The molecular weight excluding hydrogens is 311 g/mol. The Balaban J connectivity index is 1.84. The molecular formula is C16H22F3NO3. The van der Waals surface area contributed by atoms with Crippen LogP contribution in [0.15, 0.2) is 24.3 Å². The van der Waals surface area contributed by atoms with Crippen molar-refractivity contribution in [3.63, 3.8) is 0 Å². The van der Waals surface area contributed by atoms with E-state index in [1.54, 1.807) is 26.4 Å². The van der Waals surface area contributed by atoms with Crippen molar-refractivity contribution in [2.75, 3.05) is 14.2 Å². The molecule has 1 aliphatic carbocycles. The number of methoxy groups -OCH3 is 2. The summed E-state index contributed by atoms with van der Waals surface area (Å²) in [5, 5.41) is 3.37. The maximum Gasteiger partial charge on any atom is 0.573 e. The fourth-order valence-corrected chi connectivity index (χ4v) is 2.87. The number of alkyl halides is 3. The molecule has 0 unspecified atom stereocenters. The summed E-state index contributed by atoms with van der Waals surface area (Å²) in [6.45, 7) is 0.493. The Morgan fingerprint density at radius 3 is 2.39 bits per heavy atom. The molecule has 0 atom stereocenters. The van der Waals surface area contributed by atoms with Gasteiger partial charge in [0.15, 0.2) is 5.79 Å². The van der Waals surface area contributed by atoms with Gasteiger partial charge in [-0.1, -0.05) is 12.1 Å². The number of hydrogen-bond acceptors (Lipinski definition) is 4. The molecule has 0 amide bonds. The number of benzene rings is 1. The molecule has 0 heterocycles. The molecule has 130 valence electrons. The minimum Gasteiger partial charge on any atom is -0.406 e. The first-order valence-electron chi connectivity index (χ1n) is 7.54. The van der Waals surface area contributed by atoms with Gasteiger partial charge in [-0.25, -0.2) is 0 Å². The molecule has 1 saturated carbocycles. The van der Waals surface area contributed by atoms with Gasteiger partial charge in [-0.05, 0) is 30.5 Å². The lowest BCUT2D eigenvalue weighted by Gasteiger charge is -2.38. The van der Waals surface area contributed by atoms with Crippen LogP contribution in [0.4, 0.5) is 13.2 Å². The number of ether oxygens (including phenoxy) is 3. The van der Waals surface area contributed by atoms with Crippen molar-refractivity contribution in [3.05, 3.63) is 29.8 Å². The summed E-state index contributed by atoms with van der Waals surface area (Å²) in [5.41, 5.74) is 0.752. The van der Waals surface area contributed by atoms with E-state index in [4.69, 9.17) is 9.47 Å². The number of rotatable bonds is 6. The zero-order valence-electron chi connectivity index (χ0n) is 13.3. The Hall–Kier alpha value is -1.31. The molecule has 1 fully saturated rings. The highest BCUT2D eigenvalue weighted by Gasteiger charge is 2.35. The lowest BCUT2D eigenvalue weighted by atomic mass is 9.90. The Kier molecular flexibility index (Phi) is 5.89. The molecule has 1 aliphatic rings. The predicted octanol–water partition coefficient (Wildman–Crippen LogP) is 3.61. The smallest absolute Gasteiger partial charge is 0.406 e. The fraction of sp³-hybridized carbons (Fsp3) is 0.625. The van der Waals surface area contributed by atoms with Crippen LogP contribution in [0.5, 0.6) is 5.75 Å². The second-order valence-corrected chi connectivity index (χ2v) is 5.67. The van der Waals surface area contributed by atoms with Crippen LogP contribution in [-0.2, 0) is 16.0 Å². The van der Waals surface area contributed by atoms with Gasteiger partial charge in [0, 0.05) is 39.6 Å². The van der Waals surface area contributed by atoms with Crippen LogP contribution >= 0.6 is 0 Å². The molecule has 0 radical (unpaired) electrons. The van der Waals surface area contributed by atoms with Crippen LogP contribution in [-0.4, -0.2) is 32.4 Å². The fourth-order valence-electron chi connectivity index (χ4n) is 2.87. The summed E-state index contributed by atoms with van der Waals surface area (Å²) in [7, 11) is 3.28. The van der Waals surface area contributed by atoms with E-state index in [2.05, 4.69) is 10.1 Å². The predicted molar refractivity (Wildman–Crippen MR) is 79.0 cm³/mol. The van der Waals surface area contributed by atoms with Gasteiger partial charge < -0.3 is 19.5 Å². The zero-order chi connectivity index (χ0) is 16.9. The maximum atomic E-state index is 12.2. The van der Waals surface area contributed by atoms with Crippen LogP contribution in [0.1, 0.15) is 31.2 Å². The van der Waals surface area contributed by atoms with E-state index in [0.29, 0.717) is 12.6 Å². The molecule has 0 saturated heterocycles. The first-order valence-corrected chi connectivity index (χ1v) is 7.54. The second kappa shape index (κ2) is 7.51. The van der Waals surface area contributed by atoms with E-state index in [1.165, 1.54) is 12.1 Å². The van der Waals surface area contributed by atoms with Crippen LogP contribution in [0.3, 0.4) is 0 Å². The van der Waals surface area contributed by atoms with Crippen molar-refractivity contribution in [3.8, 4) is 5.75 Å². The minimum absolute atomic E-state index is 0.196. The molecule has 0 spiro atoms.